The summed E-state index contributed by atoms with van der Waals surface area (Å²) in [7, 11) is 2.55. The molecule has 0 unspecified atom stereocenters. The maximum Gasteiger partial charge on any atom is 0.434 e. The van der Waals surface area contributed by atoms with Gasteiger partial charge in [-0.25, -0.2) is 13.8 Å². The van der Waals surface area contributed by atoms with E-state index in [9.17, 15) is 26.7 Å². The number of ether oxygens (including phenoxy) is 1. The first-order valence-electron chi connectivity index (χ1n) is 7.66. The summed E-state index contributed by atoms with van der Waals surface area (Å²) in [5, 5.41) is 0. The van der Waals surface area contributed by atoms with Crippen LogP contribution in [-0.4, -0.2) is 28.6 Å². The predicted molar refractivity (Wildman–Crippen MR) is 81.5 cm³/mol. The van der Waals surface area contributed by atoms with Crippen LogP contribution in [0.5, 0.6) is 0 Å². The molecule has 1 aromatic heterocycles. The van der Waals surface area contributed by atoms with Crippen molar-refractivity contribution in [1.82, 2.24) is 9.55 Å². The van der Waals surface area contributed by atoms with Crippen molar-refractivity contribution in [3.8, 4) is 11.4 Å². The van der Waals surface area contributed by atoms with Crippen LogP contribution in [0.25, 0.3) is 11.4 Å². The van der Waals surface area contributed by atoms with E-state index < -0.39 is 42.0 Å². The number of methoxy groups -OCH3 is 1. The van der Waals surface area contributed by atoms with E-state index in [1.807, 2.05) is 0 Å². The number of alkyl halides is 5. The number of carbonyl (C=O) groups excluding carboxylic acids is 1. The number of benzene rings is 1. The second kappa shape index (κ2) is 5.78. The molecule has 140 valence electrons. The van der Waals surface area contributed by atoms with Gasteiger partial charge in [0.15, 0.2) is 5.69 Å². The third-order valence-electron chi connectivity index (χ3n) is 4.56. The molecule has 4 nitrogen and oxygen atoms in total. The van der Waals surface area contributed by atoms with Crippen molar-refractivity contribution >= 4 is 5.97 Å². The molecule has 1 aliphatic rings. The van der Waals surface area contributed by atoms with Gasteiger partial charge in [-0.15, -0.1) is 0 Å². The largest absolute Gasteiger partial charge is 0.468 e. The average molecular weight is 374 g/mol. The monoisotopic (exact) mass is 374 g/mol. The zero-order valence-corrected chi connectivity index (χ0v) is 13.9. The Morgan fingerprint density at radius 3 is 2.19 bits per heavy atom. The van der Waals surface area contributed by atoms with Crippen LogP contribution >= 0.6 is 0 Å². The van der Waals surface area contributed by atoms with Gasteiger partial charge in [0.05, 0.1) is 7.11 Å². The van der Waals surface area contributed by atoms with Gasteiger partial charge in [0.1, 0.15) is 11.2 Å². The lowest BCUT2D eigenvalue weighted by Gasteiger charge is -2.45. The van der Waals surface area contributed by atoms with Gasteiger partial charge >= 0.3 is 12.1 Å². The molecule has 0 saturated heterocycles. The Morgan fingerprint density at radius 1 is 1.19 bits per heavy atom. The van der Waals surface area contributed by atoms with Gasteiger partial charge in [-0.3, -0.25) is 4.79 Å². The van der Waals surface area contributed by atoms with Crippen molar-refractivity contribution in [2.24, 2.45) is 7.05 Å². The van der Waals surface area contributed by atoms with E-state index >= 15 is 0 Å². The molecule has 9 heteroatoms. The molecular weight excluding hydrogens is 359 g/mol. The second-order valence-corrected chi connectivity index (χ2v) is 6.42. The minimum atomic E-state index is -4.57. The summed E-state index contributed by atoms with van der Waals surface area (Å²) in [6.45, 7) is 0. The predicted octanol–water partition coefficient (Wildman–Crippen LogP) is 3.95. The molecule has 2 aromatic rings. The molecule has 0 atom stereocenters. The molecule has 3 rings (SSSR count). The van der Waals surface area contributed by atoms with Crippen molar-refractivity contribution in [3.63, 3.8) is 0 Å². The number of nitrogens with zero attached hydrogens (tertiary/aromatic N) is 2. The maximum atomic E-state index is 13.4. The van der Waals surface area contributed by atoms with Crippen molar-refractivity contribution in [1.29, 1.82) is 0 Å². The van der Waals surface area contributed by atoms with E-state index in [-0.39, 0.29) is 5.82 Å². The smallest absolute Gasteiger partial charge is 0.434 e. The van der Waals surface area contributed by atoms with Crippen LogP contribution in [0.4, 0.5) is 22.0 Å². The molecular formula is C17H15F5N2O2. The molecule has 0 spiro atoms. The summed E-state index contributed by atoms with van der Waals surface area (Å²) >= 11 is 0. The Bertz CT molecular complexity index is 832. The Morgan fingerprint density at radius 2 is 1.77 bits per heavy atom. The normalized spacial score (nSPS) is 18.3. The molecule has 1 aliphatic carbocycles. The van der Waals surface area contributed by atoms with Crippen LogP contribution in [0.1, 0.15) is 24.1 Å². The van der Waals surface area contributed by atoms with E-state index in [0.717, 1.165) is 13.3 Å². The molecule has 0 aliphatic heterocycles. The minimum Gasteiger partial charge on any atom is -0.468 e. The summed E-state index contributed by atoms with van der Waals surface area (Å²) in [5.41, 5.74) is -1.75. The van der Waals surface area contributed by atoms with Gasteiger partial charge in [0.2, 0.25) is 0 Å². The number of halogens is 5. The van der Waals surface area contributed by atoms with E-state index in [0.29, 0.717) is 11.1 Å². The topological polar surface area (TPSA) is 44.1 Å². The van der Waals surface area contributed by atoms with Crippen molar-refractivity contribution in [2.45, 2.75) is 30.4 Å². The lowest BCUT2D eigenvalue weighted by Crippen LogP contribution is -2.54. The molecule has 0 N–H and O–H groups in total. The number of hydrogen-bond acceptors (Lipinski definition) is 3. The third-order valence-corrected chi connectivity index (χ3v) is 4.56. The van der Waals surface area contributed by atoms with Crippen LogP contribution in [-0.2, 0) is 28.2 Å². The minimum absolute atomic E-state index is 0.0786. The lowest BCUT2D eigenvalue weighted by molar-refractivity contribution is -0.177. The zero-order chi connectivity index (χ0) is 19.3. The van der Waals surface area contributed by atoms with Gasteiger partial charge in [0, 0.05) is 31.6 Å². The molecule has 26 heavy (non-hydrogen) atoms. The number of imidazole rings is 1. The van der Waals surface area contributed by atoms with Crippen molar-refractivity contribution < 1.29 is 31.5 Å². The Labute approximate surface area is 145 Å². The number of carbonyl (C=O) groups is 1. The fraction of sp³-hybridized carbons (Fsp3) is 0.412. The van der Waals surface area contributed by atoms with Crippen LogP contribution in [0, 0.1) is 0 Å². The third kappa shape index (κ3) is 2.95. The number of hydrogen-bond donors (Lipinski definition) is 0. The molecule has 0 radical (unpaired) electrons. The van der Waals surface area contributed by atoms with Gasteiger partial charge in [-0.05, 0) is 5.56 Å². The molecule has 1 saturated carbocycles. The number of aromatic nitrogens is 2. The zero-order valence-electron chi connectivity index (χ0n) is 13.9. The van der Waals surface area contributed by atoms with E-state index in [2.05, 4.69) is 9.72 Å². The van der Waals surface area contributed by atoms with Gasteiger partial charge < -0.3 is 9.30 Å². The van der Waals surface area contributed by atoms with Crippen LogP contribution < -0.4 is 0 Å². The summed E-state index contributed by atoms with van der Waals surface area (Å²) in [6, 6.07) is 5.81. The first-order valence-corrected chi connectivity index (χ1v) is 7.66. The fourth-order valence-corrected chi connectivity index (χ4v) is 3.30. The quantitative estimate of drug-likeness (QED) is 0.604. The fourth-order valence-electron chi connectivity index (χ4n) is 3.30. The van der Waals surface area contributed by atoms with Gasteiger partial charge in [-0.1, -0.05) is 24.3 Å². The maximum absolute atomic E-state index is 13.4. The van der Waals surface area contributed by atoms with Crippen molar-refractivity contribution in [2.75, 3.05) is 7.11 Å². The number of rotatable bonds is 3. The number of esters is 1. The standard InChI is InChI=1S/C17H15F5N2O2/c1-24-7-12(17(20,21)22)23-13(24)10-3-5-11(6-4-10)15(14(25)26-2)8-16(18,19)9-15/h3-7H,8-9H2,1-2H3. The highest BCUT2D eigenvalue weighted by molar-refractivity contribution is 5.85. The SMILES string of the molecule is COC(=O)C1(c2ccc(-c3nc(C(F)(F)F)cn3C)cc2)CC(F)(F)C1. The summed E-state index contributed by atoms with van der Waals surface area (Å²) in [5.74, 6) is -3.63. The summed E-state index contributed by atoms with van der Waals surface area (Å²) < 4.78 is 71.0. The Kier molecular flexibility index (Phi) is 4.08. The molecule has 0 amide bonds. The van der Waals surface area contributed by atoms with Crippen LogP contribution in [0.3, 0.4) is 0 Å². The Balaban J connectivity index is 1.94. The molecule has 1 fully saturated rings. The Hall–Kier alpha value is -2.45. The highest BCUT2D eigenvalue weighted by Crippen LogP contribution is 2.54. The summed E-state index contributed by atoms with van der Waals surface area (Å²) in [6.07, 6.45) is -5.02. The van der Waals surface area contributed by atoms with E-state index in [1.54, 1.807) is 0 Å². The van der Waals surface area contributed by atoms with Gasteiger partial charge in [0.25, 0.3) is 5.92 Å². The second-order valence-electron chi connectivity index (χ2n) is 6.42. The van der Waals surface area contributed by atoms with Crippen LogP contribution in [0.15, 0.2) is 30.5 Å². The lowest BCUT2D eigenvalue weighted by atomic mass is 9.62. The van der Waals surface area contributed by atoms with Crippen molar-refractivity contribution in [3.05, 3.63) is 41.7 Å². The first kappa shape index (κ1) is 18.3. The average Bonchev–Trinajstić information content (AvgIpc) is 2.93. The van der Waals surface area contributed by atoms with Gasteiger partial charge in [-0.2, -0.15) is 13.2 Å². The van der Waals surface area contributed by atoms with E-state index in [1.165, 1.54) is 35.9 Å². The first-order chi connectivity index (χ1) is 12.0. The molecule has 0 bridgehead atoms. The molecule has 1 heterocycles. The van der Waals surface area contributed by atoms with E-state index in [4.69, 9.17) is 0 Å². The van der Waals surface area contributed by atoms with Crippen LogP contribution in [0.2, 0.25) is 0 Å². The highest BCUT2D eigenvalue weighted by atomic mass is 19.4. The summed E-state index contributed by atoms with van der Waals surface area (Å²) in [4.78, 5) is 15.6. The molecule has 1 aromatic carbocycles. The number of aryl methyl sites for hydroxylation is 1. The highest BCUT2D eigenvalue weighted by Gasteiger charge is 2.62.